The van der Waals surface area contributed by atoms with Gasteiger partial charge in [-0.1, -0.05) is 26.8 Å². The molecule has 4 aliphatic carbocycles. The van der Waals surface area contributed by atoms with Gasteiger partial charge < -0.3 is 14.2 Å². The highest BCUT2D eigenvalue weighted by Crippen LogP contribution is 2.77. The Morgan fingerprint density at radius 1 is 1.30 bits per heavy atom. The quantitative estimate of drug-likeness (QED) is 0.333. The van der Waals surface area contributed by atoms with Crippen molar-refractivity contribution in [3.8, 4) is 0 Å². The first-order valence-corrected chi connectivity index (χ1v) is 12.1. The maximum atomic E-state index is 15.6. The van der Waals surface area contributed by atoms with E-state index in [2.05, 4.69) is 0 Å². The van der Waals surface area contributed by atoms with Crippen molar-refractivity contribution in [2.45, 2.75) is 76.9 Å². The number of carbonyl (C=O) groups is 2. The molecule has 3 saturated carbocycles. The number of allylic oxidation sites excluding steroid dienone is 2. The molecule has 0 aromatic carbocycles. The highest BCUT2D eigenvalue weighted by Gasteiger charge is 2.83. The Morgan fingerprint density at radius 2 is 2.03 bits per heavy atom. The van der Waals surface area contributed by atoms with Gasteiger partial charge in [-0.15, -0.1) is 0 Å². The Labute approximate surface area is 197 Å². The van der Waals surface area contributed by atoms with Crippen LogP contribution in [-0.4, -0.2) is 47.1 Å². The van der Waals surface area contributed by atoms with E-state index >= 15 is 4.39 Å². The molecule has 8 heteroatoms. The van der Waals surface area contributed by atoms with Gasteiger partial charge in [-0.3, -0.25) is 9.59 Å². The van der Waals surface area contributed by atoms with E-state index in [1.807, 2.05) is 26.8 Å². The molecule has 0 aromatic heterocycles. The van der Waals surface area contributed by atoms with Crippen LogP contribution in [0.5, 0.6) is 0 Å². The van der Waals surface area contributed by atoms with Crippen molar-refractivity contribution in [1.82, 2.24) is 0 Å². The zero-order valence-electron chi connectivity index (χ0n) is 19.4. The fourth-order valence-electron chi connectivity index (χ4n) is 8.06. The van der Waals surface area contributed by atoms with Crippen molar-refractivity contribution in [2.24, 2.45) is 28.6 Å². The molecule has 5 aliphatic rings. The van der Waals surface area contributed by atoms with Crippen molar-refractivity contribution in [2.75, 3.05) is 6.86 Å². The summed E-state index contributed by atoms with van der Waals surface area (Å²) in [5, 5.41) is -0.0555. The van der Waals surface area contributed by atoms with Crippen molar-refractivity contribution in [1.29, 1.82) is 0 Å². The predicted molar refractivity (Wildman–Crippen MR) is 120 cm³/mol. The SMILES string of the molecule is CCC(=O)O[C@]1(C(=S)OCF)[C@H](C)C[C@H]2[C@@H]3C[C@H](F)C4=CC(=O)C=C[C@]4(C)[C@@]34O[C@H]4C[C@@]21C. The van der Waals surface area contributed by atoms with Crippen LogP contribution in [0.1, 0.15) is 53.4 Å². The van der Waals surface area contributed by atoms with Crippen molar-refractivity contribution in [3.63, 3.8) is 0 Å². The van der Waals surface area contributed by atoms with E-state index in [-0.39, 0.29) is 47.5 Å². The number of halogens is 2. The van der Waals surface area contributed by atoms with Crippen molar-refractivity contribution in [3.05, 3.63) is 23.8 Å². The Kier molecular flexibility index (Phi) is 5.02. The van der Waals surface area contributed by atoms with Gasteiger partial charge in [0.15, 0.2) is 11.4 Å². The first-order chi connectivity index (χ1) is 15.5. The van der Waals surface area contributed by atoms with E-state index in [1.54, 1.807) is 6.92 Å². The summed E-state index contributed by atoms with van der Waals surface area (Å²) in [6.07, 6.45) is 4.77. The number of thiocarbonyl (C=S) groups is 1. The fourth-order valence-corrected chi connectivity index (χ4v) is 8.58. The van der Waals surface area contributed by atoms with Crippen LogP contribution < -0.4 is 0 Å². The molecule has 0 N–H and O–H groups in total. The number of carbonyl (C=O) groups excluding carboxylic acids is 2. The van der Waals surface area contributed by atoms with Gasteiger partial charge in [0, 0.05) is 23.2 Å². The Morgan fingerprint density at radius 3 is 2.70 bits per heavy atom. The Hall–Kier alpha value is -1.67. The van der Waals surface area contributed by atoms with E-state index in [0.717, 1.165) is 0 Å². The molecule has 1 saturated heterocycles. The molecule has 180 valence electrons. The van der Waals surface area contributed by atoms with Gasteiger partial charge in [0.05, 0.1) is 6.10 Å². The number of hydrogen-bond acceptors (Lipinski definition) is 6. The van der Waals surface area contributed by atoms with Gasteiger partial charge in [0.1, 0.15) is 11.8 Å². The number of rotatable bonds is 4. The number of ketones is 1. The molecule has 4 fully saturated rings. The largest absolute Gasteiger partial charge is 0.452 e. The standard InChI is InChI=1S/C25H30F2O5S/c1-5-20(29)32-24(21(33)30-12-26)13(2)8-15-16-10-18(27)17-9-14(28)6-7-22(17,3)25(16)19(31-25)11-23(15,24)4/h6-7,9,13,15-16,18-19H,5,8,10-12H2,1-4H3/t13-,15+,16+,18+,19+,22+,23+,24+,25-/m1/s1. The zero-order valence-corrected chi connectivity index (χ0v) is 20.2. The summed E-state index contributed by atoms with van der Waals surface area (Å²) in [6, 6.07) is 0. The van der Waals surface area contributed by atoms with Gasteiger partial charge in [0.2, 0.25) is 11.9 Å². The molecular weight excluding hydrogens is 450 g/mol. The van der Waals surface area contributed by atoms with Crippen LogP contribution in [-0.2, 0) is 23.8 Å². The maximum absolute atomic E-state index is 15.6. The molecule has 9 atom stereocenters. The number of esters is 1. The maximum Gasteiger partial charge on any atom is 0.306 e. The van der Waals surface area contributed by atoms with E-state index < -0.39 is 41.0 Å². The van der Waals surface area contributed by atoms with Gasteiger partial charge in [0.25, 0.3) is 0 Å². The summed E-state index contributed by atoms with van der Waals surface area (Å²) in [5.74, 6) is -1.12. The lowest BCUT2D eigenvalue weighted by molar-refractivity contribution is -0.173. The minimum Gasteiger partial charge on any atom is -0.452 e. The number of alkyl halides is 2. The molecule has 1 spiro atoms. The topological polar surface area (TPSA) is 65.1 Å². The summed E-state index contributed by atoms with van der Waals surface area (Å²) in [6.45, 7) is 6.50. The number of epoxide rings is 1. The second kappa shape index (κ2) is 7.17. The normalized spacial score (nSPS) is 49.2. The molecule has 33 heavy (non-hydrogen) atoms. The molecule has 0 unspecified atom stereocenters. The smallest absolute Gasteiger partial charge is 0.306 e. The van der Waals surface area contributed by atoms with Crippen LogP contribution in [0.2, 0.25) is 0 Å². The van der Waals surface area contributed by atoms with Crippen LogP contribution in [0, 0.1) is 28.6 Å². The highest BCUT2D eigenvalue weighted by atomic mass is 32.1. The van der Waals surface area contributed by atoms with Crippen LogP contribution in [0.15, 0.2) is 23.8 Å². The summed E-state index contributed by atoms with van der Waals surface area (Å²) in [5.41, 5.74) is -2.85. The third kappa shape index (κ3) is 2.62. The van der Waals surface area contributed by atoms with Gasteiger partial charge in [-0.25, -0.2) is 8.78 Å². The third-order valence-electron chi connectivity index (χ3n) is 9.51. The molecule has 0 radical (unpaired) electrons. The highest BCUT2D eigenvalue weighted by molar-refractivity contribution is 7.80. The van der Waals surface area contributed by atoms with E-state index in [9.17, 15) is 14.0 Å². The lowest BCUT2D eigenvalue weighted by Crippen LogP contribution is -2.64. The fraction of sp³-hybridized carbons (Fsp3) is 0.720. The minimum atomic E-state index is -1.30. The van der Waals surface area contributed by atoms with E-state index in [4.69, 9.17) is 26.4 Å². The molecule has 5 nitrogen and oxygen atoms in total. The summed E-state index contributed by atoms with van der Waals surface area (Å²) in [7, 11) is 0. The molecule has 5 rings (SSSR count). The molecule has 1 heterocycles. The molecule has 0 aromatic rings. The van der Waals surface area contributed by atoms with Crippen LogP contribution in [0.3, 0.4) is 0 Å². The first kappa shape index (κ1) is 23.1. The van der Waals surface area contributed by atoms with E-state index in [0.29, 0.717) is 18.4 Å². The third-order valence-corrected chi connectivity index (χ3v) is 9.93. The minimum absolute atomic E-state index is 0.0555. The van der Waals surface area contributed by atoms with Gasteiger partial charge >= 0.3 is 5.97 Å². The molecular formula is C25H30F2O5S. The number of fused-ring (bicyclic) bond motifs is 3. The van der Waals surface area contributed by atoms with Crippen LogP contribution >= 0.6 is 12.2 Å². The molecule has 1 aliphatic heterocycles. The lowest BCUT2D eigenvalue weighted by Gasteiger charge is -2.56. The summed E-state index contributed by atoms with van der Waals surface area (Å²) in [4.78, 5) is 24.6. The lowest BCUT2D eigenvalue weighted by atomic mass is 9.46. The average Bonchev–Trinajstić information content (AvgIpc) is 3.44. The van der Waals surface area contributed by atoms with Crippen LogP contribution in [0.4, 0.5) is 8.78 Å². The Balaban J connectivity index is 1.62. The van der Waals surface area contributed by atoms with Gasteiger partial charge in [-0.05, 0) is 68.0 Å². The van der Waals surface area contributed by atoms with Gasteiger partial charge in [-0.2, -0.15) is 0 Å². The monoisotopic (exact) mass is 480 g/mol. The number of ether oxygens (including phenoxy) is 3. The van der Waals surface area contributed by atoms with E-state index in [1.165, 1.54) is 12.2 Å². The molecule has 0 bridgehead atoms. The number of hydrogen-bond donors (Lipinski definition) is 0. The average molecular weight is 481 g/mol. The first-order valence-electron chi connectivity index (χ1n) is 11.7. The summed E-state index contributed by atoms with van der Waals surface area (Å²) < 4.78 is 46.6. The second-order valence-corrected chi connectivity index (χ2v) is 11.1. The van der Waals surface area contributed by atoms with Crippen LogP contribution in [0.25, 0.3) is 0 Å². The zero-order chi connectivity index (χ0) is 24.0. The molecule has 0 amide bonds. The Bertz CT molecular complexity index is 995. The van der Waals surface area contributed by atoms with Crippen molar-refractivity contribution < 1.29 is 32.6 Å². The van der Waals surface area contributed by atoms with Crippen molar-refractivity contribution >= 4 is 29.0 Å². The predicted octanol–water partition coefficient (Wildman–Crippen LogP) is 4.58. The summed E-state index contributed by atoms with van der Waals surface area (Å²) >= 11 is 5.54. The second-order valence-electron chi connectivity index (χ2n) is 10.7.